The fourth-order valence-electron chi connectivity index (χ4n) is 1.79. The monoisotopic (exact) mass is 370 g/mol. The maximum Gasteiger partial charge on any atom is 0.355 e. The normalized spacial score (nSPS) is 10.5. The van der Waals surface area contributed by atoms with E-state index >= 15 is 0 Å². The van der Waals surface area contributed by atoms with Gasteiger partial charge >= 0.3 is 23.9 Å². The smallest absolute Gasteiger partial charge is 0.300 e. The van der Waals surface area contributed by atoms with Crippen LogP contribution in [0, 0.1) is 0 Å². The maximum absolute atomic E-state index is 11.0. The highest BCUT2D eigenvalue weighted by Crippen LogP contribution is 1.99. The second-order valence-corrected chi connectivity index (χ2v) is 4.63. The van der Waals surface area contributed by atoms with Crippen molar-refractivity contribution in [2.45, 2.75) is 6.42 Å². The van der Waals surface area contributed by atoms with E-state index in [1.54, 1.807) is 0 Å². The predicted molar refractivity (Wildman–Crippen MR) is 72.4 cm³/mol. The third-order valence-corrected chi connectivity index (χ3v) is 2.77. The lowest BCUT2D eigenvalue weighted by molar-refractivity contribution is -0.239. The summed E-state index contributed by atoms with van der Waals surface area (Å²) in [6, 6.07) is 0. The molecule has 0 atom stereocenters. The minimum Gasteiger partial charge on any atom is -0.300 e. The molecule has 0 aromatic rings. The van der Waals surface area contributed by atoms with Crippen molar-refractivity contribution in [3.05, 3.63) is 0 Å². The zero-order valence-electron chi connectivity index (χ0n) is 12.9. The summed E-state index contributed by atoms with van der Waals surface area (Å²) in [5, 5.41) is 33.0. The van der Waals surface area contributed by atoms with E-state index in [2.05, 4.69) is 19.6 Å². The van der Waals surface area contributed by atoms with Crippen molar-refractivity contribution in [2.75, 3.05) is 39.3 Å². The topological polar surface area (TPSA) is 193 Å². The number of carbonyl (C=O) groups excluding carboxylic acids is 4. The molecule has 14 nitrogen and oxygen atoms in total. The van der Waals surface area contributed by atoms with E-state index in [-0.39, 0.29) is 19.5 Å². The molecule has 0 unspecified atom stereocenters. The lowest BCUT2D eigenvalue weighted by Gasteiger charge is -2.22. The average molecular weight is 370 g/mol. The molecule has 0 bridgehead atoms. The molecule has 0 aliphatic heterocycles. The average Bonchev–Trinajstić information content (AvgIpc) is 2.60. The van der Waals surface area contributed by atoms with Gasteiger partial charge in [0.25, 0.3) is 0 Å². The first-order valence-corrected chi connectivity index (χ1v) is 6.67. The maximum atomic E-state index is 11.0. The quantitative estimate of drug-likeness (QED) is 0.168. The van der Waals surface area contributed by atoms with Crippen molar-refractivity contribution in [1.82, 2.24) is 9.80 Å². The van der Waals surface area contributed by atoms with Crippen molar-refractivity contribution in [2.24, 2.45) is 0 Å². The van der Waals surface area contributed by atoms with Crippen LogP contribution in [0.15, 0.2) is 0 Å². The third kappa shape index (κ3) is 10.9. The lowest BCUT2D eigenvalue weighted by Crippen LogP contribution is -2.40. The number of hydrogen-bond donors (Lipinski definition) is 4. The summed E-state index contributed by atoms with van der Waals surface area (Å²) in [7, 11) is 0. The van der Waals surface area contributed by atoms with Crippen molar-refractivity contribution in [3.63, 3.8) is 0 Å². The van der Waals surface area contributed by atoms with Crippen LogP contribution in [0.25, 0.3) is 0 Å². The minimum atomic E-state index is -1.07. The summed E-state index contributed by atoms with van der Waals surface area (Å²) in [5.74, 6) is -4.30. The summed E-state index contributed by atoms with van der Waals surface area (Å²) in [6.45, 7) is -2.01. The molecule has 25 heavy (non-hydrogen) atoms. The fourth-order valence-corrected chi connectivity index (χ4v) is 1.79. The number of nitrogens with zero attached hydrogens (tertiary/aromatic N) is 2. The van der Waals surface area contributed by atoms with E-state index in [1.807, 2.05) is 0 Å². The highest BCUT2D eigenvalue weighted by Gasteiger charge is 2.19. The van der Waals surface area contributed by atoms with Gasteiger partial charge in [-0.15, -0.1) is 0 Å². The van der Waals surface area contributed by atoms with E-state index in [0.29, 0.717) is 0 Å². The summed E-state index contributed by atoms with van der Waals surface area (Å²) < 4.78 is 0. The Labute approximate surface area is 140 Å². The molecule has 0 radical (unpaired) electrons. The van der Waals surface area contributed by atoms with Crippen molar-refractivity contribution in [3.8, 4) is 0 Å². The van der Waals surface area contributed by atoms with Crippen molar-refractivity contribution >= 4 is 23.9 Å². The SMILES string of the molecule is O=C(CN(CCCN(CC(=O)OO)CC(=O)OO)CC(=O)OO)OO. The molecule has 0 saturated heterocycles. The zero-order valence-corrected chi connectivity index (χ0v) is 12.9. The van der Waals surface area contributed by atoms with Crippen LogP contribution < -0.4 is 0 Å². The minimum absolute atomic E-state index is 0.0169. The van der Waals surface area contributed by atoms with Gasteiger partial charge in [0, 0.05) is 13.1 Å². The van der Waals surface area contributed by atoms with Crippen molar-refractivity contribution < 1.29 is 59.8 Å². The molecule has 0 spiro atoms. The van der Waals surface area contributed by atoms with Gasteiger partial charge < -0.3 is 0 Å². The van der Waals surface area contributed by atoms with Gasteiger partial charge in [-0.1, -0.05) is 0 Å². The molecule has 0 aromatic carbocycles. The molecule has 0 fully saturated rings. The number of rotatable bonds is 12. The first-order chi connectivity index (χ1) is 11.9. The Balaban J connectivity index is 4.62. The van der Waals surface area contributed by atoms with Gasteiger partial charge in [-0.05, 0) is 6.42 Å². The fraction of sp³-hybridized carbons (Fsp3) is 0.636. The van der Waals surface area contributed by atoms with Gasteiger partial charge in [-0.2, -0.15) is 21.0 Å². The highest BCUT2D eigenvalue weighted by atomic mass is 17.1. The van der Waals surface area contributed by atoms with E-state index in [0.717, 1.165) is 9.80 Å². The van der Waals surface area contributed by atoms with Crippen LogP contribution in [0.5, 0.6) is 0 Å². The van der Waals surface area contributed by atoms with Crippen LogP contribution in [-0.4, -0.2) is 94.0 Å². The van der Waals surface area contributed by atoms with E-state index < -0.39 is 50.1 Å². The number of hydrogen-bond acceptors (Lipinski definition) is 14. The summed E-state index contributed by atoms with van der Waals surface area (Å²) >= 11 is 0. The Morgan fingerprint density at radius 3 is 1.00 bits per heavy atom. The molecular formula is C11H18N2O12. The molecule has 14 heteroatoms. The molecule has 4 N–H and O–H groups in total. The molecular weight excluding hydrogens is 352 g/mol. The van der Waals surface area contributed by atoms with Gasteiger partial charge in [0.05, 0.1) is 0 Å². The second-order valence-electron chi connectivity index (χ2n) is 4.63. The lowest BCUT2D eigenvalue weighted by atomic mass is 10.3. The van der Waals surface area contributed by atoms with Gasteiger partial charge in [-0.3, -0.25) is 29.4 Å². The van der Waals surface area contributed by atoms with Crippen LogP contribution in [-0.2, 0) is 38.7 Å². The van der Waals surface area contributed by atoms with Gasteiger partial charge in [0.1, 0.15) is 26.2 Å². The molecule has 0 heterocycles. The standard InChI is InChI=1S/C11H18N2O12/c14-8(22-18)4-12(5-9(15)23-19)2-1-3-13(6-10(16)24-20)7-11(17)25-21/h18-21H,1-7H2. The van der Waals surface area contributed by atoms with E-state index in [4.69, 9.17) is 21.0 Å². The van der Waals surface area contributed by atoms with E-state index in [9.17, 15) is 19.2 Å². The van der Waals surface area contributed by atoms with Crippen LogP contribution in [0.3, 0.4) is 0 Å². The summed E-state index contributed by atoms with van der Waals surface area (Å²) in [4.78, 5) is 60.3. The zero-order chi connectivity index (χ0) is 19.2. The first-order valence-electron chi connectivity index (χ1n) is 6.67. The van der Waals surface area contributed by atoms with Crippen molar-refractivity contribution in [1.29, 1.82) is 0 Å². The van der Waals surface area contributed by atoms with Crippen LogP contribution in [0.2, 0.25) is 0 Å². The van der Waals surface area contributed by atoms with Gasteiger partial charge in [-0.25, -0.2) is 19.2 Å². The molecule has 0 saturated carbocycles. The summed E-state index contributed by atoms with van der Waals surface area (Å²) in [5.41, 5.74) is 0. The van der Waals surface area contributed by atoms with Crippen LogP contribution in [0.4, 0.5) is 0 Å². The van der Waals surface area contributed by atoms with Gasteiger partial charge in [0.15, 0.2) is 0 Å². The molecule has 0 aliphatic carbocycles. The van der Waals surface area contributed by atoms with Gasteiger partial charge in [0.2, 0.25) is 0 Å². The molecule has 0 aliphatic rings. The highest BCUT2D eigenvalue weighted by molar-refractivity contribution is 5.74. The summed E-state index contributed by atoms with van der Waals surface area (Å²) in [6.07, 6.45) is 0.162. The van der Waals surface area contributed by atoms with E-state index in [1.165, 1.54) is 0 Å². The largest absolute Gasteiger partial charge is 0.355 e. The molecule has 0 rings (SSSR count). The van der Waals surface area contributed by atoms with Crippen LogP contribution >= 0.6 is 0 Å². The number of carbonyl (C=O) groups is 4. The Morgan fingerprint density at radius 1 is 0.560 bits per heavy atom. The Bertz CT molecular complexity index is 380. The first kappa shape index (κ1) is 22.6. The molecule has 0 amide bonds. The predicted octanol–water partition coefficient (Wildman–Crippen LogP) is -1.95. The third-order valence-electron chi connectivity index (χ3n) is 2.77. The second kappa shape index (κ2) is 13.0. The van der Waals surface area contributed by atoms with Crippen LogP contribution in [0.1, 0.15) is 6.42 Å². The molecule has 144 valence electrons. The Morgan fingerprint density at radius 2 is 0.800 bits per heavy atom. The Hall–Kier alpha value is -2.36. The Kier molecular flexibility index (Phi) is 11.8. The molecule has 0 aromatic heterocycles.